The molecule has 1 rings (SSSR count). The number of hydrogen-bond acceptors (Lipinski definition) is 3. The molecular formula is C11H13ClO3. The van der Waals surface area contributed by atoms with Gasteiger partial charge in [0.1, 0.15) is 12.4 Å². The molecule has 0 radical (unpaired) electrons. The highest BCUT2D eigenvalue weighted by atomic mass is 35.5. The van der Waals surface area contributed by atoms with Crippen LogP contribution in [-0.2, 0) is 4.74 Å². The molecule has 0 unspecified atom stereocenters. The summed E-state index contributed by atoms with van der Waals surface area (Å²) in [5, 5.41) is 0.443. The fourth-order valence-corrected chi connectivity index (χ4v) is 1.40. The van der Waals surface area contributed by atoms with Gasteiger partial charge >= 0.3 is 0 Å². The minimum Gasteiger partial charge on any atom is -0.492 e. The van der Waals surface area contributed by atoms with E-state index in [-0.39, 0.29) is 12.4 Å². The van der Waals surface area contributed by atoms with Crippen molar-refractivity contribution < 1.29 is 14.3 Å². The van der Waals surface area contributed by atoms with Gasteiger partial charge in [-0.05, 0) is 25.1 Å². The van der Waals surface area contributed by atoms with Crippen molar-refractivity contribution in [3.8, 4) is 5.75 Å². The molecule has 0 heterocycles. The number of hydrogen-bond donors (Lipinski definition) is 0. The van der Waals surface area contributed by atoms with Crippen LogP contribution in [0.15, 0.2) is 18.2 Å². The van der Waals surface area contributed by atoms with Crippen LogP contribution in [0.4, 0.5) is 0 Å². The topological polar surface area (TPSA) is 35.5 Å². The Labute approximate surface area is 93.9 Å². The molecule has 1 aromatic carbocycles. The fraction of sp³-hybridized carbons (Fsp3) is 0.364. The maximum absolute atomic E-state index is 11.4. The molecule has 0 saturated carbocycles. The summed E-state index contributed by atoms with van der Waals surface area (Å²) in [6.07, 6.45) is 0. The minimum absolute atomic E-state index is 0.0598. The largest absolute Gasteiger partial charge is 0.492 e. The maximum Gasteiger partial charge on any atom is 0.188 e. The summed E-state index contributed by atoms with van der Waals surface area (Å²) >= 11 is 5.93. The van der Waals surface area contributed by atoms with Crippen LogP contribution in [0.25, 0.3) is 0 Å². The number of rotatable bonds is 5. The molecule has 0 aliphatic heterocycles. The number of benzene rings is 1. The van der Waals surface area contributed by atoms with E-state index >= 15 is 0 Å². The third kappa shape index (κ3) is 3.22. The van der Waals surface area contributed by atoms with Crippen molar-refractivity contribution in [2.24, 2.45) is 0 Å². The molecule has 15 heavy (non-hydrogen) atoms. The molecule has 0 fully saturated rings. The molecule has 82 valence electrons. The highest BCUT2D eigenvalue weighted by molar-refractivity contribution is 6.32. The smallest absolute Gasteiger partial charge is 0.188 e. The van der Waals surface area contributed by atoms with Crippen LogP contribution in [0.2, 0.25) is 5.02 Å². The number of methoxy groups -OCH3 is 1. The Hall–Kier alpha value is -1.06. The maximum atomic E-state index is 11.4. The van der Waals surface area contributed by atoms with Crippen LogP contribution in [-0.4, -0.2) is 26.1 Å². The molecule has 0 bridgehead atoms. The Balaban J connectivity index is 2.86. The van der Waals surface area contributed by atoms with Crippen LogP contribution in [0.1, 0.15) is 17.3 Å². The van der Waals surface area contributed by atoms with Crippen LogP contribution >= 0.6 is 11.6 Å². The number of carbonyl (C=O) groups excluding carboxylic acids is 1. The minimum atomic E-state index is -0.0950. The molecule has 0 atom stereocenters. The second-order valence-corrected chi connectivity index (χ2v) is 3.34. The molecule has 0 aromatic heterocycles. The average Bonchev–Trinajstić information content (AvgIpc) is 2.21. The molecular weight excluding hydrogens is 216 g/mol. The summed E-state index contributed by atoms with van der Waals surface area (Å²) in [7, 11) is 1.48. The van der Waals surface area contributed by atoms with Crippen molar-refractivity contribution in [3.05, 3.63) is 28.8 Å². The molecule has 3 nitrogen and oxygen atoms in total. The predicted molar refractivity (Wildman–Crippen MR) is 58.8 cm³/mol. The third-order valence-electron chi connectivity index (χ3n) is 1.83. The van der Waals surface area contributed by atoms with Gasteiger partial charge in [0.15, 0.2) is 5.78 Å². The van der Waals surface area contributed by atoms with Gasteiger partial charge in [0.2, 0.25) is 0 Å². The van der Waals surface area contributed by atoms with Gasteiger partial charge in [0, 0.05) is 12.7 Å². The number of Topliss-reactive ketones (excluding diaryl/α,β-unsaturated/α-hetero) is 1. The zero-order valence-electron chi connectivity index (χ0n) is 8.75. The predicted octanol–water partition coefficient (Wildman–Crippen LogP) is 2.57. The summed E-state index contributed by atoms with van der Waals surface area (Å²) in [5.41, 5.74) is 0.533. The standard InChI is InChI=1S/C11H13ClO3/c1-3-15-11-5-4-8(6-9(11)12)10(13)7-14-2/h4-6H,3,7H2,1-2H3. The van der Waals surface area contributed by atoms with Crippen LogP contribution in [0, 0.1) is 0 Å². The molecule has 0 aliphatic rings. The third-order valence-corrected chi connectivity index (χ3v) is 2.12. The Morgan fingerprint density at radius 1 is 1.47 bits per heavy atom. The first-order chi connectivity index (χ1) is 7.19. The van der Waals surface area contributed by atoms with Crippen LogP contribution < -0.4 is 4.74 Å². The van der Waals surface area contributed by atoms with Crippen molar-refractivity contribution in [2.45, 2.75) is 6.92 Å². The van der Waals surface area contributed by atoms with Gasteiger partial charge in [0.05, 0.1) is 11.6 Å². The molecule has 0 saturated heterocycles. The lowest BCUT2D eigenvalue weighted by Gasteiger charge is -2.06. The van der Waals surface area contributed by atoms with Gasteiger partial charge in [0.25, 0.3) is 0 Å². The van der Waals surface area contributed by atoms with Crippen molar-refractivity contribution in [2.75, 3.05) is 20.3 Å². The summed E-state index contributed by atoms with van der Waals surface area (Å²) in [5.74, 6) is 0.496. The lowest BCUT2D eigenvalue weighted by atomic mass is 10.1. The molecule has 0 N–H and O–H groups in total. The van der Waals surface area contributed by atoms with Gasteiger partial charge in [-0.1, -0.05) is 11.6 Å². The second kappa shape index (κ2) is 5.73. The number of carbonyl (C=O) groups is 1. The highest BCUT2D eigenvalue weighted by Crippen LogP contribution is 2.25. The van der Waals surface area contributed by atoms with Crippen molar-refractivity contribution in [1.29, 1.82) is 0 Å². The van der Waals surface area contributed by atoms with Crippen LogP contribution in [0.5, 0.6) is 5.75 Å². The van der Waals surface area contributed by atoms with E-state index in [0.29, 0.717) is 22.9 Å². The average molecular weight is 229 g/mol. The first-order valence-corrected chi connectivity index (χ1v) is 5.01. The summed E-state index contributed by atoms with van der Waals surface area (Å²) in [4.78, 5) is 11.4. The Morgan fingerprint density at radius 3 is 2.73 bits per heavy atom. The van der Waals surface area contributed by atoms with Gasteiger partial charge in [-0.25, -0.2) is 0 Å². The van der Waals surface area contributed by atoms with E-state index in [4.69, 9.17) is 21.1 Å². The van der Waals surface area contributed by atoms with E-state index in [0.717, 1.165) is 0 Å². The zero-order valence-corrected chi connectivity index (χ0v) is 9.50. The molecule has 0 aliphatic carbocycles. The summed E-state index contributed by atoms with van der Waals surface area (Å²) in [6, 6.07) is 4.96. The van der Waals surface area contributed by atoms with Crippen molar-refractivity contribution in [1.82, 2.24) is 0 Å². The highest BCUT2D eigenvalue weighted by Gasteiger charge is 2.08. The van der Waals surface area contributed by atoms with Gasteiger partial charge in [-0.3, -0.25) is 4.79 Å². The zero-order chi connectivity index (χ0) is 11.3. The first kappa shape index (κ1) is 12.0. The Kier molecular flexibility index (Phi) is 4.59. The SMILES string of the molecule is CCOc1ccc(C(=O)COC)cc1Cl. The summed E-state index contributed by atoms with van der Waals surface area (Å²) in [6.45, 7) is 2.48. The second-order valence-electron chi connectivity index (χ2n) is 2.93. The van der Waals surface area contributed by atoms with E-state index < -0.39 is 0 Å². The Bertz CT molecular complexity index is 350. The van der Waals surface area contributed by atoms with E-state index in [1.807, 2.05) is 6.92 Å². The monoisotopic (exact) mass is 228 g/mol. The van der Waals surface area contributed by atoms with E-state index in [2.05, 4.69) is 0 Å². The van der Waals surface area contributed by atoms with E-state index in [9.17, 15) is 4.79 Å². The quantitative estimate of drug-likeness (QED) is 0.727. The van der Waals surface area contributed by atoms with Crippen molar-refractivity contribution in [3.63, 3.8) is 0 Å². The molecule has 0 amide bonds. The fourth-order valence-electron chi connectivity index (χ4n) is 1.16. The number of ether oxygens (including phenoxy) is 2. The van der Waals surface area contributed by atoms with Gasteiger partial charge in [-0.15, -0.1) is 0 Å². The molecule has 1 aromatic rings. The van der Waals surface area contributed by atoms with E-state index in [1.165, 1.54) is 7.11 Å². The lowest BCUT2D eigenvalue weighted by molar-refractivity contribution is 0.0848. The molecule has 0 spiro atoms. The van der Waals surface area contributed by atoms with Gasteiger partial charge < -0.3 is 9.47 Å². The number of halogens is 1. The molecule has 4 heteroatoms. The van der Waals surface area contributed by atoms with Gasteiger partial charge in [-0.2, -0.15) is 0 Å². The summed E-state index contributed by atoms with van der Waals surface area (Å²) < 4.78 is 10.0. The van der Waals surface area contributed by atoms with E-state index in [1.54, 1.807) is 18.2 Å². The normalized spacial score (nSPS) is 10.1. The van der Waals surface area contributed by atoms with Crippen LogP contribution in [0.3, 0.4) is 0 Å². The Morgan fingerprint density at radius 2 is 2.20 bits per heavy atom. The lowest BCUT2D eigenvalue weighted by Crippen LogP contribution is -2.07. The first-order valence-electron chi connectivity index (χ1n) is 4.63. The number of ketones is 1. The van der Waals surface area contributed by atoms with Crippen molar-refractivity contribution >= 4 is 17.4 Å².